The zero-order valence-electron chi connectivity index (χ0n) is 15.9. The van der Waals surface area contributed by atoms with Crippen molar-refractivity contribution in [1.29, 1.82) is 0 Å². The van der Waals surface area contributed by atoms with Crippen LogP contribution in [0.1, 0.15) is 21.7 Å². The van der Waals surface area contributed by atoms with Crippen molar-refractivity contribution in [2.24, 2.45) is 0 Å². The summed E-state index contributed by atoms with van der Waals surface area (Å²) in [6.07, 6.45) is -0.807. The van der Waals surface area contributed by atoms with Crippen LogP contribution in [0.3, 0.4) is 0 Å². The van der Waals surface area contributed by atoms with Gasteiger partial charge < -0.3 is 10.1 Å². The smallest absolute Gasteiger partial charge is 0.411 e. The van der Waals surface area contributed by atoms with Gasteiger partial charge in [0.25, 0.3) is 5.91 Å². The Morgan fingerprint density at radius 1 is 1.10 bits per heavy atom. The Balaban J connectivity index is 1.77. The van der Waals surface area contributed by atoms with Crippen LogP contribution in [-0.4, -0.2) is 28.9 Å². The summed E-state index contributed by atoms with van der Waals surface area (Å²) in [6.45, 7) is 3.85. The molecule has 3 aromatic rings. The Morgan fingerprint density at radius 3 is 2.38 bits per heavy atom. The SMILES string of the molecule is COC(=O)Nc1cc(NC(=O)c2ccc(-n3nc(C)c(Br)c3C)cc2)ccc1F. The normalized spacial score (nSPS) is 10.5. The molecule has 7 nitrogen and oxygen atoms in total. The van der Waals surface area contributed by atoms with E-state index >= 15 is 0 Å². The van der Waals surface area contributed by atoms with Gasteiger partial charge in [-0.1, -0.05) is 0 Å². The second-order valence-corrected chi connectivity index (χ2v) is 7.00. The molecule has 9 heteroatoms. The Morgan fingerprint density at radius 2 is 1.79 bits per heavy atom. The van der Waals surface area contributed by atoms with Crippen LogP contribution in [0.15, 0.2) is 46.9 Å². The number of hydrogen-bond acceptors (Lipinski definition) is 4. The molecular formula is C20H18BrFN4O3. The summed E-state index contributed by atoms with van der Waals surface area (Å²) < 4.78 is 21.0. The van der Waals surface area contributed by atoms with Crippen LogP contribution in [0, 0.1) is 19.7 Å². The molecule has 0 saturated carbocycles. The molecule has 0 unspecified atom stereocenters. The molecule has 2 aromatic carbocycles. The van der Waals surface area contributed by atoms with Crippen LogP contribution >= 0.6 is 15.9 Å². The highest BCUT2D eigenvalue weighted by Gasteiger charge is 2.13. The van der Waals surface area contributed by atoms with E-state index in [2.05, 4.69) is 36.4 Å². The molecule has 150 valence electrons. The van der Waals surface area contributed by atoms with E-state index in [-0.39, 0.29) is 11.6 Å². The van der Waals surface area contributed by atoms with Gasteiger partial charge in [0.1, 0.15) is 5.82 Å². The van der Waals surface area contributed by atoms with E-state index in [1.807, 2.05) is 13.8 Å². The fraction of sp³-hybridized carbons (Fsp3) is 0.150. The van der Waals surface area contributed by atoms with Crippen molar-refractivity contribution in [3.63, 3.8) is 0 Å². The summed E-state index contributed by atoms with van der Waals surface area (Å²) in [4.78, 5) is 23.8. The third-order valence-corrected chi connectivity index (χ3v) is 5.37. The van der Waals surface area contributed by atoms with Crippen molar-refractivity contribution < 1.29 is 18.7 Å². The largest absolute Gasteiger partial charge is 0.453 e. The van der Waals surface area contributed by atoms with E-state index < -0.39 is 11.9 Å². The van der Waals surface area contributed by atoms with Gasteiger partial charge >= 0.3 is 6.09 Å². The number of aromatic nitrogens is 2. The average Bonchev–Trinajstić information content (AvgIpc) is 2.97. The number of carbonyl (C=O) groups is 2. The van der Waals surface area contributed by atoms with Crippen molar-refractivity contribution >= 4 is 39.3 Å². The second-order valence-electron chi connectivity index (χ2n) is 6.21. The maximum atomic E-state index is 13.8. The molecule has 1 heterocycles. The van der Waals surface area contributed by atoms with E-state index in [1.165, 1.54) is 19.2 Å². The molecule has 0 radical (unpaired) electrons. The van der Waals surface area contributed by atoms with Gasteiger partial charge in [0.15, 0.2) is 0 Å². The minimum atomic E-state index is -0.807. The maximum absolute atomic E-state index is 13.8. The van der Waals surface area contributed by atoms with E-state index in [4.69, 9.17) is 0 Å². The van der Waals surface area contributed by atoms with E-state index in [0.717, 1.165) is 27.6 Å². The van der Waals surface area contributed by atoms with Gasteiger partial charge in [0, 0.05) is 11.3 Å². The number of halogens is 2. The molecule has 0 spiro atoms. The fourth-order valence-corrected chi connectivity index (χ4v) is 2.94. The standard InChI is InChI=1S/C20H18BrFN4O3/c1-11-18(21)12(2)26(25-11)15-7-4-13(5-8-15)19(27)23-14-6-9-16(22)17(10-14)24-20(28)29-3/h4-10H,1-3H3,(H,23,27)(H,24,28). The van der Waals surface area contributed by atoms with Crippen molar-refractivity contribution in [3.8, 4) is 5.69 Å². The fourth-order valence-electron chi connectivity index (χ4n) is 2.69. The summed E-state index contributed by atoms with van der Waals surface area (Å²) >= 11 is 3.49. The monoisotopic (exact) mass is 460 g/mol. The molecule has 3 rings (SSSR count). The summed E-state index contributed by atoms with van der Waals surface area (Å²) in [7, 11) is 1.17. The molecule has 0 bridgehead atoms. The van der Waals surface area contributed by atoms with Gasteiger partial charge in [-0.3, -0.25) is 10.1 Å². The number of rotatable bonds is 4. The van der Waals surface area contributed by atoms with Gasteiger partial charge in [-0.2, -0.15) is 5.10 Å². The van der Waals surface area contributed by atoms with E-state index in [0.29, 0.717) is 11.3 Å². The first kappa shape index (κ1) is 20.5. The number of nitrogens with zero attached hydrogens (tertiary/aromatic N) is 2. The van der Waals surface area contributed by atoms with Crippen molar-refractivity contribution in [2.75, 3.05) is 17.7 Å². The zero-order chi connectivity index (χ0) is 21.1. The molecule has 2 N–H and O–H groups in total. The first-order chi connectivity index (χ1) is 13.8. The third-order valence-electron chi connectivity index (χ3n) is 4.22. The zero-order valence-corrected chi connectivity index (χ0v) is 17.5. The van der Waals surface area contributed by atoms with Crippen molar-refractivity contribution in [3.05, 3.63) is 69.7 Å². The first-order valence-electron chi connectivity index (χ1n) is 8.58. The van der Waals surface area contributed by atoms with Gasteiger partial charge in [-0.15, -0.1) is 0 Å². The van der Waals surface area contributed by atoms with Crippen LogP contribution in [0.25, 0.3) is 5.69 Å². The minimum Gasteiger partial charge on any atom is -0.453 e. The highest BCUT2D eigenvalue weighted by atomic mass is 79.9. The van der Waals surface area contributed by atoms with E-state index in [9.17, 15) is 14.0 Å². The Labute approximate surface area is 175 Å². The van der Waals surface area contributed by atoms with Crippen LogP contribution < -0.4 is 10.6 Å². The highest BCUT2D eigenvalue weighted by molar-refractivity contribution is 9.10. The number of aryl methyl sites for hydroxylation is 1. The van der Waals surface area contributed by atoms with Gasteiger partial charge in [0.05, 0.1) is 34.3 Å². The molecule has 0 aliphatic heterocycles. The summed E-state index contributed by atoms with van der Waals surface area (Å²) in [5.74, 6) is -1.02. The van der Waals surface area contributed by atoms with Crippen molar-refractivity contribution in [2.45, 2.75) is 13.8 Å². The number of amides is 2. The van der Waals surface area contributed by atoms with Crippen LogP contribution in [-0.2, 0) is 4.74 Å². The number of carbonyl (C=O) groups excluding carboxylic acids is 2. The number of anilines is 2. The Bertz CT molecular complexity index is 1080. The molecule has 0 aliphatic carbocycles. The maximum Gasteiger partial charge on any atom is 0.411 e. The highest BCUT2D eigenvalue weighted by Crippen LogP contribution is 2.24. The number of hydrogen-bond donors (Lipinski definition) is 2. The molecule has 0 fully saturated rings. The third kappa shape index (κ3) is 4.45. The molecule has 0 aliphatic rings. The number of benzene rings is 2. The Hall–Kier alpha value is -3.20. The van der Waals surface area contributed by atoms with Crippen LogP contribution in [0.2, 0.25) is 0 Å². The lowest BCUT2D eigenvalue weighted by Crippen LogP contribution is -2.14. The lowest BCUT2D eigenvalue weighted by molar-refractivity contribution is 0.102. The summed E-state index contributed by atoms with van der Waals surface area (Å²) in [6, 6.07) is 10.8. The molecule has 0 atom stereocenters. The van der Waals surface area contributed by atoms with Crippen molar-refractivity contribution in [1.82, 2.24) is 9.78 Å². The summed E-state index contributed by atoms with van der Waals surface area (Å²) in [5, 5.41) is 9.38. The van der Waals surface area contributed by atoms with Crippen LogP contribution in [0.5, 0.6) is 0 Å². The number of nitrogens with one attached hydrogen (secondary N) is 2. The van der Waals surface area contributed by atoms with Gasteiger partial charge in [-0.25, -0.2) is 13.9 Å². The second kappa shape index (κ2) is 8.44. The minimum absolute atomic E-state index is 0.0971. The predicted molar refractivity (Wildman–Crippen MR) is 111 cm³/mol. The van der Waals surface area contributed by atoms with Gasteiger partial charge in [0.2, 0.25) is 0 Å². The molecule has 29 heavy (non-hydrogen) atoms. The van der Waals surface area contributed by atoms with Gasteiger partial charge in [-0.05, 0) is 72.2 Å². The molecule has 2 amide bonds. The topological polar surface area (TPSA) is 85.3 Å². The lowest BCUT2D eigenvalue weighted by atomic mass is 10.2. The lowest BCUT2D eigenvalue weighted by Gasteiger charge is -2.10. The van der Waals surface area contributed by atoms with Crippen LogP contribution in [0.4, 0.5) is 20.6 Å². The summed E-state index contributed by atoms with van der Waals surface area (Å²) in [5.41, 5.74) is 3.29. The number of methoxy groups -OCH3 is 1. The average molecular weight is 461 g/mol. The molecule has 1 aromatic heterocycles. The molecule has 0 saturated heterocycles. The quantitative estimate of drug-likeness (QED) is 0.584. The predicted octanol–water partition coefficient (Wildman–Crippen LogP) is 4.82. The number of ether oxygens (including phenoxy) is 1. The Kier molecular flexibility index (Phi) is 5.97. The molecular weight excluding hydrogens is 443 g/mol. The van der Waals surface area contributed by atoms with E-state index in [1.54, 1.807) is 28.9 Å². The first-order valence-corrected chi connectivity index (χ1v) is 9.37.